The van der Waals surface area contributed by atoms with Crippen LogP contribution in [0.2, 0.25) is 0 Å². The molecule has 0 heterocycles. The van der Waals surface area contributed by atoms with Gasteiger partial charge in [-0.25, -0.2) is 0 Å². The van der Waals surface area contributed by atoms with E-state index in [2.05, 4.69) is 5.32 Å². The molecule has 0 radical (unpaired) electrons. The summed E-state index contributed by atoms with van der Waals surface area (Å²) in [6, 6.07) is 25.6. The Kier molecular flexibility index (Phi) is 4.82. The quantitative estimate of drug-likeness (QED) is 0.711. The maximum atomic E-state index is 12.6. The van der Waals surface area contributed by atoms with E-state index in [4.69, 9.17) is 0 Å². The Morgan fingerprint density at radius 2 is 1.29 bits per heavy atom. The molecule has 0 bridgehead atoms. The number of rotatable bonds is 5. The fourth-order valence-corrected chi connectivity index (χ4v) is 2.50. The van der Waals surface area contributed by atoms with Crippen LogP contribution in [0.25, 0.3) is 0 Å². The predicted molar refractivity (Wildman–Crippen MR) is 95.3 cm³/mol. The smallest absolute Gasteiger partial charge is 0.255 e. The first-order valence-corrected chi connectivity index (χ1v) is 7.76. The number of benzene rings is 3. The number of hydrogen-bond acceptors (Lipinski definition) is 2. The van der Waals surface area contributed by atoms with Crippen LogP contribution in [0.5, 0.6) is 0 Å². The van der Waals surface area contributed by atoms with E-state index < -0.39 is 0 Å². The van der Waals surface area contributed by atoms with Gasteiger partial charge in [-0.05, 0) is 29.8 Å². The van der Waals surface area contributed by atoms with Crippen molar-refractivity contribution in [3.05, 3.63) is 102 Å². The second-order valence-electron chi connectivity index (χ2n) is 5.45. The molecule has 0 aliphatic heterocycles. The van der Waals surface area contributed by atoms with E-state index in [-0.39, 0.29) is 11.7 Å². The Balaban J connectivity index is 1.80. The third-order valence-corrected chi connectivity index (χ3v) is 3.72. The summed E-state index contributed by atoms with van der Waals surface area (Å²) in [5.41, 5.74) is 2.56. The summed E-state index contributed by atoms with van der Waals surface area (Å²) >= 11 is 0. The highest BCUT2D eigenvalue weighted by Crippen LogP contribution is 2.19. The maximum absolute atomic E-state index is 12.6. The lowest BCUT2D eigenvalue weighted by Crippen LogP contribution is -2.15. The van der Waals surface area contributed by atoms with Gasteiger partial charge in [0.05, 0.1) is 5.69 Å². The topological polar surface area (TPSA) is 46.2 Å². The number of carbonyl (C=O) groups is 2. The second-order valence-corrected chi connectivity index (χ2v) is 5.45. The Bertz CT molecular complexity index is 842. The second kappa shape index (κ2) is 7.38. The third kappa shape index (κ3) is 3.76. The molecule has 3 nitrogen and oxygen atoms in total. The summed E-state index contributed by atoms with van der Waals surface area (Å²) in [6.07, 6.45) is 0.305. The molecule has 0 saturated heterocycles. The van der Waals surface area contributed by atoms with E-state index in [1.165, 1.54) is 0 Å². The summed E-state index contributed by atoms with van der Waals surface area (Å²) in [4.78, 5) is 24.9. The minimum absolute atomic E-state index is 0.0230. The zero-order valence-electron chi connectivity index (χ0n) is 13.1. The first-order chi connectivity index (χ1) is 11.7. The number of carbonyl (C=O) groups excluding carboxylic acids is 2. The molecule has 0 atom stereocenters. The molecule has 3 aromatic carbocycles. The number of nitrogens with one attached hydrogen (secondary N) is 1. The molecule has 0 fully saturated rings. The molecule has 1 amide bonds. The van der Waals surface area contributed by atoms with Crippen molar-refractivity contribution in [3.63, 3.8) is 0 Å². The molecule has 3 heteroatoms. The van der Waals surface area contributed by atoms with Crippen LogP contribution in [0.1, 0.15) is 26.3 Å². The van der Waals surface area contributed by atoms with E-state index in [0.29, 0.717) is 23.2 Å². The average molecular weight is 315 g/mol. The molecule has 0 aliphatic rings. The first-order valence-electron chi connectivity index (χ1n) is 7.76. The van der Waals surface area contributed by atoms with Crippen LogP contribution in [0, 0.1) is 0 Å². The van der Waals surface area contributed by atoms with Crippen molar-refractivity contribution in [2.24, 2.45) is 0 Å². The fraction of sp³-hybridized carbons (Fsp3) is 0.0476. The van der Waals surface area contributed by atoms with Gasteiger partial charge in [-0.15, -0.1) is 0 Å². The van der Waals surface area contributed by atoms with Crippen LogP contribution in [-0.2, 0) is 6.42 Å². The lowest BCUT2D eigenvalue weighted by molar-refractivity contribution is 0.0994. The van der Waals surface area contributed by atoms with Gasteiger partial charge in [0.1, 0.15) is 0 Å². The lowest BCUT2D eigenvalue weighted by atomic mass is 10.0. The Labute approximate surface area is 141 Å². The minimum atomic E-state index is -0.226. The molecule has 3 aromatic rings. The van der Waals surface area contributed by atoms with Crippen molar-refractivity contribution in [3.8, 4) is 0 Å². The Hall–Kier alpha value is -3.20. The van der Waals surface area contributed by atoms with Crippen molar-refractivity contribution >= 4 is 17.4 Å². The van der Waals surface area contributed by atoms with Crippen LogP contribution in [0.15, 0.2) is 84.9 Å². The zero-order valence-corrected chi connectivity index (χ0v) is 13.1. The number of Topliss-reactive ketones (excluding diaryl/α,β-unsaturated/α-hetero) is 1. The molecule has 1 N–H and O–H groups in total. The van der Waals surface area contributed by atoms with Crippen molar-refractivity contribution in [2.75, 3.05) is 5.32 Å². The SMILES string of the molecule is O=C(Nc1ccccc1C(=O)Cc1ccccc1)c1ccccc1. The molecule has 0 saturated carbocycles. The van der Waals surface area contributed by atoms with Gasteiger partial charge >= 0.3 is 0 Å². The van der Waals surface area contributed by atoms with Crippen molar-refractivity contribution in [1.29, 1.82) is 0 Å². The van der Waals surface area contributed by atoms with Gasteiger partial charge in [0.2, 0.25) is 0 Å². The van der Waals surface area contributed by atoms with Gasteiger partial charge in [0.15, 0.2) is 5.78 Å². The molecular formula is C21H17NO2. The van der Waals surface area contributed by atoms with E-state index in [1.54, 1.807) is 48.5 Å². The third-order valence-electron chi connectivity index (χ3n) is 3.72. The monoisotopic (exact) mass is 315 g/mol. The van der Waals surface area contributed by atoms with Gasteiger partial charge in [-0.3, -0.25) is 9.59 Å². The van der Waals surface area contributed by atoms with Gasteiger partial charge in [0.25, 0.3) is 5.91 Å². The highest BCUT2D eigenvalue weighted by molar-refractivity contribution is 6.09. The van der Waals surface area contributed by atoms with Gasteiger partial charge < -0.3 is 5.32 Å². The predicted octanol–water partition coefficient (Wildman–Crippen LogP) is 4.36. The van der Waals surface area contributed by atoms with Gasteiger partial charge in [0, 0.05) is 17.5 Å². The molecule has 0 aromatic heterocycles. The summed E-state index contributed by atoms with van der Waals surface area (Å²) in [7, 11) is 0. The molecule has 0 spiro atoms. The summed E-state index contributed by atoms with van der Waals surface area (Å²) in [6.45, 7) is 0. The Morgan fingerprint density at radius 1 is 0.708 bits per heavy atom. The summed E-state index contributed by atoms with van der Waals surface area (Å²) in [5, 5.41) is 2.83. The normalized spacial score (nSPS) is 10.2. The average Bonchev–Trinajstić information content (AvgIpc) is 2.63. The number of hydrogen-bond donors (Lipinski definition) is 1. The standard InChI is InChI=1S/C21H17NO2/c23-20(15-16-9-3-1-4-10-16)18-13-7-8-14-19(18)22-21(24)17-11-5-2-6-12-17/h1-14H,15H2,(H,22,24). The molecular weight excluding hydrogens is 298 g/mol. The summed E-state index contributed by atoms with van der Waals surface area (Å²) < 4.78 is 0. The van der Waals surface area contributed by atoms with Crippen molar-refractivity contribution in [1.82, 2.24) is 0 Å². The molecule has 118 valence electrons. The van der Waals surface area contributed by atoms with Crippen molar-refractivity contribution in [2.45, 2.75) is 6.42 Å². The number of para-hydroxylation sites is 1. The van der Waals surface area contributed by atoms with E-state index in [0.717, 1.165) is 5.56 Å². The molecule has 0 unspecified atom stereocenters. The fourth-order valence-electron chi connectivity index (χ4n) is 2.50. The molecule has 3 rings (SSSR count). The van der Waals surface area contributed by atoms with Gasteiger partial charge in [-0.2, -0.15) is 0 Å². The number of ketones is 1. The highest BCUT2D eigenvalue weighted by Gasteiger charge is 2.14. The number of anilines is 1. The summed E-state index contributed by atoms with van der Waals surface area (Å²) in [5.74, 6) is -0.249. The van der Waals surface area contributed by atoms with E-state index in [1.807, 2.05) is 36.4 Å². The van der Waals surface area contributed by atoms with E-state index in [9.17, 15) is 9.59 Å². The Morgan fingerprint density at radius 3 is 2.00 bits per heavy atom. The zero-order chi connectivity index (χ0) is 16.8. The molecule has 24 heavy (non-hydrogen) atoms. The highest BCUT2D eigenvalue weighted by atomic mass is 16.1. The maximum Gasteiger partial charge on any atom is 0.255 e. The van der Waals surface area contributed by atoms with E-state index >= 15 is 0 Å². The van der Waals surface area contributed by atoms with Crippen LogP contribution in [-0.4, -0.2) is 11.7 Å². The lowest BCUT2D eigenvalue weighted by Gasteiger charge is -2.10. The van der Waals surface area contributed by atoms with Crippen LogP contribution in [0.4, 0.5) is 5.69 Å². The minimum Gasteiger partial charge on any atom is -0.321 e. The van der Waals surface area contributed by atoms with Gasteiger partial charge in [-0.1, -0.05) is 60.7 Å². The van der Waals surface area contributed by atoms with Crippen molar-refractivity contribution < 1.29 is 9.59 Å². The first kappa shape index (κ1) is 15.7. The van der Waals surface area contributed by atoms with Crippen LogP contribution in [0.3, 0.4) is 0 Å². The largest absolute Gasteiger partial charge is 0.321 e. The van der Waals surface area contributed by atoms with Crippen LogP contribution >= 0.6 is 0 Å². The molecule has 0 aliphatic carbocycles. The number of amides is 1. The van der Waals surface area contributed by atoms with Crippen LogP contribution < -0.4 is 5.32 Å².